The number of fused-ring (bicyclic) bond motifs is 2. The smallest absolute Gasteiger partial charge is 0.303 e. The quantitative estimate of drug-likeness (QED) is 0.501. The molecule has 4 rings (SSSR count). The highest BCUT2D eigenvalue weighted by Crippen LogP contribution is 2.53. The normalized spacial score (nSPS) is 17.1. The molecule has 0 radical (unpaired) electrons. The molecule has 0 spiro atoms. The maximum Gasteiger partial charge on any atom is 0.303 e. The fourth-order valence-corrected chi connectivity index (χ4v) is 4.92. The predicted octanol–water partition coefficient (Wildman–Crippen LogP) is 3.34. The molecule has 10 nitrogen and oxygen atoms in total. The van der Waals surface area contributed by atoms with Crippen LogP contribution in [-0.2, 0) is 32.1 Å². The van der Waals surface area contributed by atoms with E-state index in [1.54, 1.807) is 19.2 Å². The molecule has 2 aromatic rings. The second-order valence-corrected chi connectivity index (χ2v) is 8.57. The summed E-state index contributed by atoms with van der Waals surface area (Å²) in [6, 6.07) is 5.05. The van der Waals surface area contributed by atoms with Gasteiger partial charge in [-0.1, -0.05) is 6.07 Å². The van der Waals surface area contributed by atoms with Gasteiger partial charge in [0, 0.05) is 37.1 Å². The molecule has 0 bridgehead atoms. The van der Waals surface area contributed by atoms with Crippen LogP contribution in [0.5, 0.6) is 28.7 Å². The highest BCUT2D eigenvalue weighted by atomic mass is 16.7. The molecule has 0 fully saturated rings. The summed E-state index contributed by atoms with van der Waals surface area (Å²) in [5.74, 6) is 1.62. The van der Waals surface area contributed by atoms with Crippen LogP contribution < -0.4 is 23.7 Å². The van der Waals surface area contributed by atoms with E-state index in [4.69, 9.17) is 33.2 Å². The van der Waals surface area contributed by atoms with Gasteiger partial charge in [0.25, 0.3) is 0 Å². The lowest BCUT2D eigenvalue weighted by atomic mass is 9.84. The maximum absolute atomic E-state index is 12.4. The van der Waals surface area contributed by atoms with Crippen molar-refractivity contribution in [1.82, 2.24) is 4.90 Å². The number of esters is 2. The standard InChI is InChI=1S/C26H31NO9/c1-14(28)33-12-18-17(7-8-19(30-4)23(18)31-5)24(36-15(2)29)22-21-16(9-10-27(22)3)11-20-25(26(21)32-6)35-13-34-20/h7-8,11,22,24H,9-10,12-13H2,1-6H3. The van der Waals surface area contributed by atoms with Crippen LogP contribution in [0.1, 0.15) is 48.2 Å². The molecule has 0 aromatic heterocycles. The third-order valence-electron chi connectivity index (χ3n) is 6.44. The Morgan fingerprint density at radius 2 is 1.81 bits per heavy atom. The van der Waals surface area contributed by atoms with Crippen LogP contribution in [-0.4, -0.2) is 58.6 Å². The third kappa shape index (κ3) is 4.60. The summed E-state index contributed by atoms with van der Waals surface area (Å²) in [6.07, 6.45) is -0.0554. The topological polar surface area (TPSA) is 102 Å². The van der Waals surface area contributed by atoms with E-state index in [0.717, 1.165) is 17.5 Å². The van der Waals surface area contributed by atoms with Crippen molar-refractivity contribution in [1.29, 1.82) is 0 Å². The zero-order valence-electron chi connectivity index (χ0n) is 21.3. The highest BCUT2D eigenvalue weighted by Gasteiger charge is 2.41. The summed E-state index contributed by atoms with van der Waals surface area (Å²) in [5.41, 5.74) is 3.01. The Labute approximate surface area is 209 Å². The van der Waals surface area contributed by atoms with Gasteiger partial charge in [-0.2, -0.15) is 0 Å². The molecule has 0 N–H and O–H groups in total. The van der Waals surface area contributed by atoms with E-state index in [0.29, 0.717) is 46.4 Å². The molecule has 10 heteroatoms. The number of hydrogen-bond donors (Lipinski definition) is 0. The van der Waals surface area contributed by atoms with Crippen LogP contribution in [0.25, 0.3) is 0 Å². The van der Waals surface area contributed by atoms with Crippen molar-refractivity contribution in [3.8, 4) is 28.7 Å². The van der Waals surface area contributed by atoms with Gasteiger partial charge in [-0.05, 0) is 31.2 Å². The Balaban J connectivity index is 1.94. The van der Waals surface area contributed by atoms with Gasteiger partial charge in [-0.3, -0.25) is 14.5 Å². The summed E-state index contributed by atoms with van der Waals surface area (Å²) in [4.78, 5) is 26.2. The molecule has 0 saturated carbocycles. The van der Waals surface area contributed by atoms with Crippen LogP contribution >= 0.6 is 0 Å². The molecule has 2 atom stereocenters. The van der Waals surface area contributed by atoms with E-state index >= 15 is 0 Å². The number of methoxy groups -OCH3 is 3. The first-order valence-electron chi connectivity index (χ1n) is 11.5. The van der Waals surface area contributed by atoms with Crippen molar-refractivity contribution in [2.75, 3.05) is 41.7 Å². The summed E-state index contributed by atoms with van der Waals surface area (Å²) in [5, 5.41) is 0. The molecule has 2 aromatic carbocycles. The lowest BCUT2D eigenvalue weighted by molar-refractivity contribution is -0.151. The van der Waals surface area contributed by atoms with Crippen LogP contribution in [0.15, 0.2) is 18.2 Å². The average Bonchev–Trinajstić information content (AvgIpc) is 3.32. The zero-order chi connectivity index (χ0) is 26.0. The van der Waals surface area contributed by atoms with Gasteiger partial charge in [0.2, 0.25) is 12.5 Å². The largest absolute Gasteiger partial charge is 0.493 e. The van der Waals surface area contributed by atoms with Gasteiger partial charge in [0.05, 0.1) is 27.4 Å². The van der Waals surface area contributed by atoms with Crippen molar-refractivity contribution < 1.29 is 42.7 Å². The molecule has 0 aliphatic carbocycles. The van der Waals surface area contributed by atoms with Gasteiger partial charge in [0.15, 0.2) is 23.0 Å². The van der Waals surface area contributed by atoms with E-state index in [9.17, 15) is 9.59 Å². The number of benzene rings is 2. The minimum absolute atomic E-state index is 0.0929. The molecule has 194 valence electrons. The molecule has 0 saturated heterocycles. The third-order valence-corrected chi connectivity index (χ3v) is 6.44. The van der Waals surface area contributed by atoms with Crippen LogP contribution in [0.2, 0.25) is 0 Å². The van der Waals surface area contributed by atoms with Gasteiger partial charge >= 0.3 is 11.9 Å². The minimum Gasteiger partial charge on any atom is -0.493 e. The molecule has 2 unspecified atom stereocenters. The van der Waals surface area contributed by atoms with E-state index in [-0.39, 0.29) is 13.4 Å². The van der Waals surface area contributed by atoms with Gasteiger partial charge in [-0.25, -0.2) is 0 Å². The number of ether oxygens (including phenoxy) is 7. The van der Waals surface area contributed by atoms with Crippen molar-refractivity contribution >= 4 is 11.9 Å². The second kappa shape index (κ2) is 10.5. The number of likely N-dealkylation sites (N-methyl/N-ethyl adjacent to an activating group) is 1. The van der Waals surface area contributed by atoms with Crippen LogP contribution in [0, 0.1) is 0 Å². The summed E-state index contributed by atoms with van der Waals surface area (Å²) in [6.45, 7) is 3.40. The molecule has 36 heavy (non-hydrogen) atoms. The van der Waals surface area contributed by atoms with Gasteiger partial charge < -0.3 is 33.2 Å². The Kier molecular flexibility index (Phi) is 7.44. The number of carbonyl (C=O) groups is 2. The zero-order valence-corrected chi connectivity index (χ0v) is 21.3. The maximum atomic E-state index is 12.4. The van der Waals surface area contributed by atoms with Gasteiger partial charge in [0.1, 0.15) is 12.7 Å². The first-order valence-corrected chi connectivity index (χ1v) is 11.5. The Hall–Kier alpha value is -3.66. The van der Waals surface area contributed by atoms with E-state index < -0.39 is 24.1 Å². The average molecular weight is 502 g/mol. The molecule has 2 aliphatic heterocycles. The summed E-state index contributed by atoms with van der Waals surface area (Å²) < 4.78 is 39.7. The molecular weight excluding hydrogens is 470 g/mol. The minimum atomic E-state index is -0.800. The number of carbonyl (C=O) groups excluding carboxylic acids is 2. The molecular formula is C26H31NO9. The van der Waals surface area contributed by atoms with Crippen LogP contribution in [0.4, 0.5) is 0 Å². The fraction of sp³-hybridized carbons (Fsp3) is 0.462. The Morgan fingerprint density at radius 3 is 2.44 bits per heavy atom. The monoisotopic (exact) mass is 501 g/mol. The van der Waals surface area contributed by atoms with Crippen molar-refractivity contribution in [3.63, 3.8) is 0 Å². The summed E-state index contributed by atoms with van der Waals surface area (Å²) in [7, 11) is 6.56. The lowest BCUT2D eigenvalue weighted by Crippen LogP contribution is -2.38. The number of hydrogen-bond acceptors (Lipinski definition) is 10. The summed E-state index contributed by atoms with van der Waals surface area (Å²) >= 11 is 0. The number of rotatable bonds is 8. The highest BCUT2D eigenvalue weighted by molar-refractivity contribution is 5.68. The Morgan fingerprint density at radius 1 is 1.06 bits per heavy atom. The Bertz CT molecular complexity index is 1160. The van der Waals surface area contributed by atoms with E-state index in [1.165, 1.54) is 28.1 Å². The first-order chi connectivity index (χ1) is 17.3. The molecule has 2 aliphatic rings. The second-order valence-electron chi connectivity index (χ2n) is 8.57. The van der Waals surface area contributed by atoms with Crippen LogP contribution in [0.3, 0.4) is 0 Å². The number of nitrogens with zero attached hydrogens (tertiary/aromatic N) is 1. The molecule has 2 heterocycles. The fourth-order valence-electron chi connectivity index (χ4n) is 4.92. The lowest BCUT2D eigenvalue weighted by Gasteiger charge is -2.40. The van der Waals surface area contributed by atoms with E-state index in [1.807, 2.05) is 13.1 Å². The predicted molar refractivity (Wildman–Crippen MR) is 128 cm³/mol. The SMILES string of the molecule is COc1ccc(C(OC(C)=O)C2c3c(cc4c(c3OC)OCO4)CCN2C)c(COC(C)=O)c1OC. The van der Waals surface area contributed by atoms with Crippen molar-refractivity contribution in [3.05, 3.63) is 40.5 Å². The van der Waals surface area contributed by atoms with Crippen molar-refractivity contribution in [2.45, 2.75) is 39.0 Å². The first kappa shape index (κ1) is 25.4. The van der Waals surface area contributed by atoms with Gasteiger partial charge in [-0.15, -0.1) is 0 Å². The molecule has 0 amide bonds. The van der Waals surface area contributed by atoms with Crippen molar-refractivity contribution in [2.24, 2.45) is 0 Å². The van der Waals surface area contributed by atoms with E-state index in [2.05, 4.69) is 4.90 Å².